The molecule has 8 heteroatoms. The molecule has 2 aromatic carbocycles. The molecule has 0 aliphatic carbocycles. The maximum absolute atomic E-state index is 13.0. The number of nitrogens with zero attached hydrogens (tertiary/aromatic N) is 1. The highest BCUT2D eigenvalue weighted by atomic mass is 79.9. The van der Waals surface area contributed by atoms with Crippen LogP contribution in [0.3, 0.4) is 0 Å². The fraction of sp³-hybridized carbons (Fsp3) is 0.417. The molecule has 172 valence electrons. The lowest BCUT2D eigenvalue weighted by Gasteiger charge is -2.30. The lowest BCUT2D eigenvalue weighted by Crippen LogP contribution is -2.33. The largest absolute Gasteiger partial charge is 0.382 e. The number of ether oxygens (including phenoxy) is 1. The number of anilines is 3. The molecule has 0 bridgehead atoms. The Morgan fingerprint density at radius 3 is 2.59 bits per heavy atom. The van der Waals surface area contributed by atoms with Crippen molar-refractivity contribution in [3.8, 4) is 0 Å². The molecule has 0 saturated carbocycles. The van der Waals surface area contributed by atoms with E-state index in [0.29, 0.717) is 36.7 Å². The van der Waals surface area contributed by atoms with E-state index in [1.807, 2.05) is 43.3 Å². The zero-order chi connectivity index (χ0) is 22.8. The molecule has 1 heterocycles. The Morgan fingerprint density at radius 2 is 1.84 bits per heavy atom. The minimum Gasteiger partial charge on any atom is -0.382 e. The highest BCUT2D eigenvalue weighted by molar-refractivity contribution is 9.10. The summed E-state index contributed by atoms with van der Waals surface area (Å²) in [6.07, 6.45) is 4.20. The van der Waals surface area contributed by atoms with Crippen molar-refractivity contribution >= 4 is 44.9 Å². The van der Waals surface area contributed by atoms with Crippen LogP contribution in [0.25, 0.3) is 0 Å². The van der Waals surface area contributed by atoms with Crippen LogP contribution in [0.15, 0.2) is 46.9 Å². The second-order valence-electron chi connectivity index (χ2n) is 7.64. The van der Waals surface area contributed by atoms with Gasteiger partial charge in [0.05, 0.1) is 11.3 Å². The maximum atomic E-state index is 13.0. The Kier molecular flexibility index (Phi) is 9.37. The number of para-hydroxylation sites is 1. The average molecular weight is 503 g/mol. The second-order valence-corrected chi connectivity index (χ2v) is 8.50. The second kappa shape index (κ2) is 12.5. The van der Waals surface area contributed by atoms with Gasteiger partial charge in [-0.15, -0.1) is 0 Å². The van der Waals surface area contributed by atoms with Crippen molar-refractivity contribution in [1.29, 1.82) is 0 Å². The smallest absolute Gasteiger partial charge is 0.323 e. The predicted octanol–water partition coefficient (Wildman–Crippen LogP) is 5.24. The molecule has 1 aliphatic rings. The number of halogens is 1. The van der Waals surface area contributed by atoms with Crippen LogP contribution in [0.1, 0.15) is 43.0 Å². The molecule has 3 rings (SSSR count). The number of benzene rings is 2. The number of carbonyl (C=O) groups excluding carboxylic acids is 2. The molecule has 3 N–H and O–H groups in total. The van der Waals surface area contributed by atoms with E-state index in [2.05, 4.69) is 36.8 Å². The Labute approximate surface area is 198 Å². The summed E-state index contributed by atoms with van der Waals surface area (Å²) in [4.78, 5) is 27.8. The van der Waals surface area contributed by atoms with Crippen molar-refractivity contribution in [1.82, 2.24) is 5.32 Å². The summed E-state index contributed by atoms with van der Waals surface area (Å²) < 4.78 is 6.14. The molecule has 7 nitrogen and oxygen atoms in total. The third kappa shape index (κ3) is 6.97. The number of amides is 3. The average Bonchev–Trinajstić information content (AvgIpc) is 2.81. The summed E-state index contributed by atoms with van der Waals surface area (Å²) in [5.74, 6) is -0.142. The van der Waals surface area contributed by atoms with E-state index >= 15 is 0 Å². The number of carbonyl (C=O) groups is 2. The summed E-state index contributed by atoms with van der Waals surface area (Å²) in [7, 11) is 0. The Hall–Kier alpha value is -2.58. The number of piperidine rings is 1. The van der Waals surface area contributed by atoms with Gasteiger partial charge in [-0.1, -0.05) is 12.1 Å². The van der Waals surface area contributed by atoms with Crippen molar-refractivity contribution in [3.63, 3.8) is 0 Å². The van der Waals surface area contributed by atoms with Crippen LogP contribution < -0.4 is 20.9 Å². The van der Waals surface area contributed by atoms with Crippen LogP contribution >= 0.6 is 15.9 Å². The van der Waals surface area contributed by atoms with Crippen molar-refractivity contribution in [2.75, 3.05) is 48.4 Å². The lowest BCUT2D eigenvalue weighted by molar-refractivity contribution is 0.0944. The first-order chi connectivity index (χ1) is 15.6. The molecule has 1 saturated heterocycles. The van der Waals surface area contributed by atoms with E-state index in [9.17, 15) is 9.59 Å². The zero-order valence-corrected chi connectivity index (χ0v) is 20.0. The van der Waals surface area contributed by atoms with Crippen LogP contribution in [-0.2, 0) is 4.74 Å². The molecular weight excluding hydrogens is 472 g/mol. The summed E-state index contributed by atoms with van der Waals surface area (Å²) >= 11 is 3.42. The van der Waals surface area contributed by atoms with Gasteiger partial charge in [0.2, 0.25) is 0 Å². The SMILES string of the molecule is CCOCCCNC(=O)c1cc(NC(=O)Nc2ccccc2Br)ccc1N1CCCCC1. The molecular formula is C24H31BrN4O3. The van der Waals surface area contributed by atoms with Gasteiger partial charge in [-0.2, -0.15) is 0 Å². The third-order valence-electron chi connectivity index (χ3n) is 5.27. The topological polar surface area (TPSA) is 82.7 Å². The standard InChI is InChI=1S/C24H31BrN4O3/c1-2-32-16-8-13-26-23(30)19-17-18(11-12-22(19)29-14-6-3-7-15-29)27-24(31)28-21-10-5-4-9-20(21)25/h4-5,9-12,17H,2-3,6-8,13-16H2,1H3,(H,26,30)(H2,27,28,31). The number of hydrogen-bond acceptors (Lipinski definition) is 4. The minimum absolute atomic E-state index is 0.142. The monoisotopic (exact) mass is 502 g/mol. The number of hydrogen-bond donors (Lipinski definition) is 3. The number of urea groups is 1. The van der Waals surface area contributed by atoms with Gasteiger partial charge in [-0.3, -0.25) is 4.79 Å². The van der Waals surface area contributed by atoms with Gasteiger partial charge in [0.1, 0.15) is 0 Å². The fourth-order valence-electron chi connectivity index (χ4n) is 3.67. The van der Waals surface area contributed by atoms with Crippen molar-refractivity contribution in [2.24, 2.45) is 0 Å². The van der Waals surface area contributed by atoms with Gasteiger partial charge in [0.15, 0.2) is 0 Å². The molecule has 32 heavy (non-hydrogen) atoms. The summed E-state index contributed by atoms with van der Waals surface area (Å²) in [6.45, 7) is 5.64. The van der Waals surface area contributed by atoms with Gasteiger partial charge < -0.3 is 25.6 Å². The van der Waals surface area contributed by atoms with Crippen molar-refractivity contribution < 1.29 is 14.3 Å². The maximum Gasteiger partial charge on any atom is 0.323 e. The van der Waals surface area contributed by atoms with Crippen molar-refractivity contribution in [3.05, 3.63) is 52.5 Å². The molecule has 2 aromatic rings. The minimum atomic E-state index is -0.370. The molecule has 3 amide bonds. The highest BCUT2D eigenvalue weighted by Crippen LogP contribution is 2.28. The van der Waals surface area contributed by atoms with Crippen LogP contribution in [0.5, 0.6) is 0 Å². The van der Waals surface area contributed by atoms with Gasteiger partial charge in [-0.05, 0) is 78.9 Å². The summed E-state index contributed by atoms with van der Waals surface area (Å²) in [6, 6.07) is 12.5. The van der Waals surface area contributed by atoms with E-state index in [1.165, 1.54) is 6.42 Å². The van der Waals surface area contributed by atoms with Gasteiger partial charge in [0, 0.05) is 48.7 Å². The van der Waals surface area contributed by atoms with Crippen LogP contribution in [0, 0.1) is 0 Å². The van der Waals surface area contributed by atoms with E-state index in [-0.39, 0.29) is 11.9 Å². The van der Waals surface area contributed by atoms with E-state index in [1.54, 1.807) is 6.07 Å². The number of rotatable bonds is 9. The predicted molar refractivity (Wildman–Crippen MR) is 133 cm³/mol. The van der Waals surface area contributed by atoms with E-state index in [4.69, 9.17) is 4.74 Å². The van der Waals surface area contributed by atoms with Crippen molar-refractivity contribution in [2.45, 2.75) is 32.6 Å². The summed E-state index contributed by atoms with van der Waals surface area (Å²) in [5.41, 5.74) is 2.71. The van der Waals surface area contributed by atoms with Crippen LogP contribution in [0.4, 0.5) is 21.9 Å². The van der Waals surface area contributed by atoms with E-state index in [0.717, 1.165) is 42.5 Å². The quantitative estimate of drug-likeness (QED) is 0.409. The number of nitrogens with one attached hydrogen (secondary N) is 3. The lowest BCUT2D eigenvalue weighted by atomic mass is 10.1. The molecule has 1 aliphatic heterocycles. The molecule has 0 spiro atoms. The van der Waals surface area contributed by atoms with Crippen LogP contribution in [0.2, 0.25) is 0 Å². The third-order valence-corrected chi connectivity index (χ3v) is 5.96. The fourth-order valence-corrected chi connectivity index (χ4v) is 4.05. The first-order valence-corrected chi connectivity index (χ1v) is 11.9. The van der Waals surface area contributed by atoms with Crippen LogP contribution in [-0.4, -0.2) is 44.8 Å². The molecule has 0 aromatic heterocycles. The van der Waals surface area contributed by atoms with Gasteiger partial charge >= 0.3 is 6.03 Å². The Bertz CT molecular complexity index is 916. The highest BCUT2D eigenvalue weighted by Gasteiger charge is 2.19. The molecule has 1 fully saturated rings. The van der Waals surface area contributed by atoms with Gasteiger partial charge in [0.25, 0.3) is 5.91 Å². The zero-order valence-electron chi connectivity index (χ0n) is 18.5. The van der Waals surface area contributed by atoms with Gasteiger partial charge in [-0.25, -0.2) is 4.79 Å². The van der Waals surface area contributed by atoms with E-state index < -0.39 is 0 Å². The Morgan fingerprint density at radius 1 is 1.06 bits per heavy atom. The summed E-state index contributed by atoms with van der Waals surface area (Å²) in [5, 5.41) is 8.64. The first-order valence-electron chi connectivity index (χ1n) is 11.2. The first kappa shape index (κ1) is 24.1. The molecule has 0 radical (unpaired) electrons. The molecule has 0 atom stereocenters. The Balaban J connectivity index is 1.72. The normalized spacial score (nSPS) is 13.5. The molecule has 0 unspecified atom stereocenters.